The predicted octanol–water partition coefficient (Wildman–Crippen LogP) is 0.214. The SMILES string of the molecule is CC(C)(C)N/C=C(/C#N)C(=O)N1CCNCC1. The van der Waals surface area contributed by atoms with Crippen molar-refractivity contribution < 1.29 is 4.79 Å². The van der Waals surface area contributed by atoms with Crippen LogP contribution in [0, 0.1) is 11.3 Å². The van der Waals surface area contributed by atoms with E-state index in [2.05, 4.69) is 10.6 Å². The van der Waals surface area contributed by atoms with Crippen LogP contribution in [-0.4, -0.2) is 42.5 Å². The van der Waals surface area contributed by atoms with E-state index >= 15 is 0 Å². The molecule has 0 aromatic rings. The van der Waals surface area contributed by atoms with Crippen molar-refractivity contribution in [2.75, 3.05) is 26.2 Å². The number of nitriles is 1. The van der Waals surface area contributed by atoms with Crippen molar-refractivity contribution in [3.8, 4) is 6.07 Å². The predicted molar refractivity (Wildman–Crippen MR) is 66.0 cm³/mol. The number of carbonyl (C=O) groups excluding carboxylic acids is 1. The van der Waals surface area contributed by atoms with Gasteiger partial charge in [-0.05, 0) is 20.8 Å². The lowest BCUT2D eigenvalue weighted by atomic mass is 10.1. The second kappa shape index (κ2) is 5.69. The normalized spacial score (nSPS) is 17.5. The van der Waals surface area contributed by atoms with Gasteiger partial charge < -0.3 is 15.5 Å². The molecule has 0 aliphatic carbocycles. The molecule has 0 saturated carbocycles. The third-order valence-electron chi connectivity index (χ3n) is 2.40. The summed E-state index contributed by atoms with van der Waals surface area (Å²) < 4.78 is 0. The molecule has 0 radical (unpaired) electrons. The minimum Gasteiger partial charge on any atom is -0.385 e. The standard InChI is InChI=1S/C12H20N4O/c1-12(2,3)15-9-10(8-13)11(17)16-6-4-14-5-7-16/h9,14-15H,4-7H2,1-3H3/b10-9-. The number of nitrogens with zero attached hydrogens (tertiary/aromatic N) is 2. The molecular formula is C12H20N4O. The van der Waals surface area contributed by atoms with Gasteiger partial charge in [-0.25, -0.2) is 0 Å². The smallest absolute Gasteiger partial charge is 0.266 e. The van der Waals surface area contributed by atoms with Gasteiger partial charge in [0, 0.05) is 37.9 Å². The third kappa shape index (κ3) is 4.45. The zero-order valence-electron chi connectivity index (χ0n) is 10.7. The third-order valence-corrected chi connectivity index (χ3v) is 2.40. The van der Waals surface area contributed by atoms with Crippen molar-refractivity contribution in [3.05, 3.63) is 11.8 Å². The molecule has 94 valence electrons. The van der Waals surface area contributed by atoms with Gasteiger partial charge in [-0.15, -0.1) is 0 Å². The maximum Gasteiger partial charge on any atom is 0.266 e. The van der Waals surface area contributed by atoms with E-state index in [4.69, 9.17) is 5.26 Å². The Morgan fingerprint density at radius 1 is 1.41 bits per heavy atom. The van der Waals surface area contributed by atoms with E-state index in [0.717, 1.165) is 13.1 Å². The van der Waals surface area contributed by atoms with Crippen molar-refractivity contribution in [1.29, 1.82) is 5.26 Å². The van der Waals surface area contributed by atoms with E-state index < -0.39 is 0 Å². The Morgan fingerprint density at radius 2 is 2.00 bits per heavy atom. The first-order chi connectivity index (χ1) is 7.94. The maximum atomic E-state index is 12.0. The number of amides is 1. The molecule has 0 unspecified atom stereocenters. The van der Waals surface area contributed by atoms with Crippen LogP contribution in [0.3, 0.4) is 0 Å². The number of hydrogen-bond donors (Lipinski definition) is 2. The topological polar surface area (TPSA) is 68.2 Å². The van der Waals surface area contributed by atoms with Gasteiger partial charge in [-0.2, -0.15) is 5.26 Å². The number of nitrogens with one attached hydrogen (secondary N) is 2. The molecule has 1 aliphatic heterocycles. The average molecular weight is 236 g/mol. The van der Waals surface area contributed by atoms with Crippen LogP contribution in [0.4, 0.5) is 0 Å². The highest BCUT2D eigenvalue weighted by Crippen LogP contribution is 2.04. The molecule has 0 aromatic heterocycles. The van der Waals surface area contributed by atoms with Crippen molar-refractivity contribution in [1.82, 2.24) is 15.5 Å². The van der Waals surface area contributed by atoms with Gasteiger partial charge in [0.15, 0.2) is 0 Å². The summed E-state index contributed by atoms with van der Waals surface area (Å²) in [5, 5.41) is 15.2. The number of piperazine rings is 1. The van der Waals surface area contributed by atoms with Gasteiger partial charge in [0.2, 0.25) is 0 Å². The van der Waals surface area contributed by atoms with Crippen molar-refractivity contribution >= 4 is 5.91 Å². The summed E-state index contributed by atoms with van der Waals surface area (Å²) in [5.74, 6) is -0.189. The lowest BCUT2D eigenvalue weighted by Crippen LogP contribution is -2.47. The number of hydrogen-bond acceptors (Lipinski definition) is 4. The zero-order valence-corrected chi connectivity index (χ0v) is 10.7. The lowest BCUT2D eigenvalue weighted by Gasteiger charge is -2.27. The van der Waals surface area contributed by atoms with Crippen molar-refractivity contribution in [2.24, 2.45) is 0 Å². The van der Waals surface area contributed by atoms with Crippen LogP contribution >= 0.6 is 0 Å². The molecular weight excluding hydrogens is 216 g/mol. The van der Waals surface area contributed by atoms with Gasteiger partial charge in [-0.3, -0.25) is 4.79 Å². The fraction of sp³-hybridized carbons (Fsp3) is 0.667. The summed E-state index contributed by atoms with van der Waals surface area (Å²) in [6, 6.07) is 1.96. The highest BCUT2D eigenvalue weighted by Gasteiger charge is 2.20. The molecule has 1 aliphatic rings. The van der Waals surface area contributed by atoms with Crippen LogP contribution < -0.4 is 10.6 Å². The van der Waals surface area contributed by atoms with Gasteiger partial charge in [-0.1, -0.05) is 0 Å². The largest absolute Gasteiger partial charge is 0.385 e. The molecule has 1 saturated heterocycles. The van der Waals surface area contributed by atoms with Crippen LogP contribution in [-0.2, 0) is 4.79 Å². The van der Waals surface area contributed by atoms with Gasteiger partial charge >= 0.3 is 0 Å². The van der Waals surface area contributed by atoms with Crippen LogP contribution in [0.1, 0.15) is 20.8 Å². The first-order valence-corrected chi connectivity index (χ1v) is 5.82. The van der Waals surface area contributed by atoms with Gasteiger partial charge in [0.1, 0.15) is 11.6 Å². The molecule has 17 heavy (non-hydrogen) atoms. The molecule has 1 fully saturated rings. The summed E-state index contributed by atoms with van der Waals surface area (Å²) >= 11 is 0. The molecule has 1 rings (SSSR count). The van der Waals surface area contributed by atoms with Crippen LogP contribution in [0.15, 0.2) is 11.8 Å². The summed E-state index contributed by atoms with van der Waals surface area (Å²) in [5.41, 5.74) is 0.0214. The second-order valence-electron chi connectivity index (χ2n) is 5.11. The van der Waals surface area contributed by atoms with Crippen LogP contribution in [0.25, 0.3) is 0 Å². The van der Waals surface area contributed by atoms with E-state index in [0.29, 0.717) is 13.1 Å². The number of rotatable bonds is 2. The van der Waals surface area contributed by atoms with E-state index in [-0.39, 0.29) is 17.0 Å². The van der Waals surface area contributed by atoms with Gasteiger partial charge in [0.25, 0.3) is 5.91 Å². The lowest BCUT2D eigenvalue weighted by molar-refractivity contribution is -0.127. The molecule has 5 heteroatoms. The molecule has 0 aromatic carbocycles. The molecule has 1 heterocycles. The number of carbonyl (C=O) groups is 1. The first-order valence-electron chi connectivity index (χ1n) is 5.82. The highest BCUT2D eigenvalue weighted by molar-refractivity contribution is 5.97. The Morgan fingerprint density at radius 3 is 2.47 bits per heavy atom. The maximum absolute atomic E-state index is 12.0. The zero-order chi connectivity index (χ0) is 12.9. The molecule has 1 amide bonds. The van der Waals surface area contributed by atoms with E-state index in [1.165, 1.54) is 6.20 Å². The molecule has 0 bridgehead atoms. The van der Waals surface area contributed by atoms with E-state index in [1.807, 2.05) is 26.8 Å². The van der Waals surface area contributed by atoms with Crippen LogP contribution in [0.2, 0.25) is 0 Å². The summed E-state index contributed by atoms with van der Waals surface area (Å²) in [7, 11) is 0. The highest BCUT2D eigenvalue weighted by atomic mass is 16.2. The van der Waals surface area contributed by atoms with Gasteiger partial charge in [0.05, 0.1) is 0 Å². The fourth-order valence-corrected chi connectivity index (χ4v) is 1.47. The molecule has 2 N–H and O–H groups in total. The van der Waals surface area contributed by atoms with Crippen molar-refractivity contribution in [2.45, 2.75) is 26.3 Å². The monoisotopic (exact) mass is 236 g/mol. The molecule has 0 spiro atoms. The van der Waals surface area contributed by atoms with Crippen LogP contribution in [0.5, 0.6) is 0 Å². The fourth-order valence-electron chi connectivity index (χ4n) is 1.47. The second-order valence-corrected chi connectivity index (χ2v) is 5.11. The summed E-state index contributed by atoms with van der Waals surface area (Å²) in [6.45, 7) is 8.84. The Bertz CT molecular complexity index is 342. The van der Waals surface area contributed by atoms with Crippen molar-refractivity contribution in [3.63, 3.8) is 0 Å². The summed E-state index contributed by atoms with van der Waals surface area (Å²) in [4.78, 5) is 13.7. The Hall–Kier alpha value is -1.54. The Labute approximate surface area is 102 Å². The first kappa shape index (κ1) is 13.5. The average Bonchev–Trinajstić information content (AvgIpc) is 2.29. The van der Waals surface area contributed by atoms with E-state index in [1.54, 1.807) is 4.90 Å². The Balaban J connectivity index is 2.67. The minimum absolute atomic E-state index is 0.147. The Kier molecular flexibility index (Phi) is 4.53. The minimum atomic E-state index is -0.189. The molecule has 5 nitrogen and oxygen atoms in total. The quantitative estimate of drug-likeness (QED) is 0.531. The molecule has 0 atom stereocenters. The van der Waals surface area contributed by atoms with E-state index in [9.17, 15) is 4.79 Å². The summed E-state index contributed by atoms with van der Waals surface area (Å²) in [6.07, 6.45) is 1.52.